The maximum atomic E-state index is 13.1. The van der Waals surface area contributed by atoms with Gasteiger partial charge < -0.3 is 10.6 Å². The zero-order valence-electron chi connectivity index (χ0n) is 15.8. The zero-order valence-corrected chi connectivity index (χ0v) is 15.8. The summed E-state index contributed by atoms with van der Waals surface area (Å²) < 4.78 is 15.0. The number of piperidine rings is 1. The number of halogens is 1. The molecule has 3 aromatic rings. The van der Waals surface area contributed by atoms with Gasteiger partial charge in [-0.2, -0.15) is 5.10 Å². The van der Waals surface area contributed by atoms with Gasteiger partial charge in [0.25, 0.3) is 5.91 Å². The summed E-state index contributed by atoms with van der Waals surface area (Å²) in [6.07, 6.45) is 3.54. The molecule has 0 spiro atoms. The first kappa shape index (κ1) is 18.4. The third-order valence-corrected chi connectivity index (χ3v) is 5.16. The molecule has 1 saturated heterocycles. The molecule has 2 aromatic carbocycles. The molecule has 6 heteroatoms. The molecule has 1 aliphatic heterocycles. The van der Waals surface area contributed by atoms with E-state index in [1.807, 2.05) is 35.9 Å². The van der Waals surface area contributed by atoms with Crippen LogP contribution in [0, 0.1) is 12.7 Å². The summed E-state index contributed by atoms with van der Waals surface area (Å²) in [7, 11) is 0. The van der Waals surface area contributed by atoms with E-state index in [4.69, 9.17) is 0 Å². The molecule has 0 atom stereocenters. The first-order chi connectivity index (χ1) is 13.6. The van der Waals surface area contributed by atoms with Crippen molar-refractivity contribution in [2.45, 2.75) is 25.7 Å². The Morgan fingerprint density at radius 3 is 2.46 bits per heavy atom. The summed E-state index contributed by atoms with van der Waals surface area (Å²) >= 11 is 0. The average molecular weight is 378 g/mol. The molecule has 0 bridgehead atoms. The second-order valence-electron chi connectivity index (χ2n) is 7.18. The highest BCUT2D eigenvalue weighted by molar-refractivity contribution is 6.05. The minimum Gasteiger partial charge on any atom is -0.322 e. The smallest absolute Gasteiger partial charge is 0.259 e. The number of carbonyl (C=O) groups excluding carboxylic acids is 1. The van der Waals surface area contributed by atoms with Crippen LogP contribution in [0.5, 0.6) is 0 Å². The van der Waals surface area contributed by atoms with Gasteiger partial charge in [0.1, 0.15) is 5.82 Å². The van der Waals surface area contributed by atoms with E-state index < -0.39 is 0 Å². The molecular formula is C22H23FN4O. The van der Waals surface area contributed by atoms with Gasteiger partial charge in [-0.15, -0.1) is 0 Å². The van der Waals surface area contributed by atoms with Crippen LogP contribution in [0.2, 0.25) is 0 Å². The van der Waals surface area contributed by atoms with Crippen molar-refractivity contribution in [2.75, 3.05) is 18.4 Å². The summed E-state index contributed by atoms with van der Waals surface area (Å²) in [4.78, 5) is 13.0. The SMILES string of the molecule is Cc1ccc(-n2ncc(C(=O)Nc3ccc(F)cc3)c2C2CCNCC2)cc1. The summed E-state index contributed by atoms with van der Waals surface area (Å²) in [6, 6.07) is 13.9. The molecule has 2 heterocycles. The average Bonchev–Trinajstić information content (AvgIpc) is 3.16. The number of aryl methyl sites for hydroxylation is 1. The van der Waals surface area contributed by atoms with E-state index in [9.17, 15) is 9.18 Å². The molecule has 28 heavy (non-hydrogen) atoms. The van der Waals surface area contributed by atoms with E-state index in [-0.39, 0.29) is 17.6 Å². The van der Waals surface area contributed by atoms with Gasteiger partial charge in [-0.25, -0.2) is 9.07 Å². The Balaban J connectivity index is 1.70. The molecule has 144 valence electrons. The fourth-order valence-electron chi connectivity index (χ4n) is 3.64. The second kappa shape index (κ2) is 7.94. The van der Waals surface area contributed by atoms with Crippen molar-refractivity contribution < 1.29 is 9.18 Å². The topological polar surface area (TPSA) is 59.0 Å². The van der Waals surface area contributed by atoms with Crippen LogP contribution < -0.4 is 10.6 Å². The van der Waals surface area contributed by atoms with E-state index in [0.717, 1.165) is 37.3 Å². The van der Waals surface area contributed by atoms with Crippen LogP contribution in [0.15, 0.2) is 54.7 Å². The van der Waals surface area contributed by atoms with Crippen molar-refractivity contribution in [3.05, 3.63) is 77.4 Å². The van der Waals surface area contributed by atoms with E-state index >= 15 is 0 Å². The number of nitrogens with zero attached hydrogens (tertiary/aromatic N) is 2. The van der Waals surface area contributed by atoms with Crippen molar-refractivity contribution in [3.8, 4) is 5.69 Å². The van der Waals surface area contributed by atoms with Gasteiger partial charge in [-0.05, 0) is 69.3 Å². The normalized spacial score (nSPS) is 14.8. The van der Waals surface area contributed by atoms with Crippen LogP contribution in [-0.2, 0) is 0 Å². The molecule has 4 rings (SSSR count). The van der Waals surface area contributed by atoms with Gasteiger partial charge in [0.05, 0.1) is 23.1 Å². The number of rotatable bonds is 4. The molecule has 1 aromatic heterocycles. The first-order valence-electron chi connectivity index (χ1n) is 9.54. The molecule has 0 aliphatic carbocycles. The van der Waals surface area contributed by atoms with Crippen LogP contribution in [0.25, 0.3) is 5.69 Å². The maximum absolute atomic E-state index is 13.1. The number of hydrogen-bond donors (Lipinski definition) is 2. The van der Waals surface area contributed by atoms with Gasteiger partial charge in [0, 0.05) is 11.6 Å². The van der Waals surface area contributed by atoms with Gasteiger partial charge >= 0.3 is 0 Å². The minimum absolute atomic E-state index is 0.224. The number of amides is 1. The van der Waals surface area contributed by atoms with E-state index in [1.165, 1.54) is 17.7 Å². The van der Waals surface area contributed by atoms with Gasteiger partial charge in [-0.3, -0.25) is 4.79 Å². The monoisotopic (exact) mass is 378 g/mol. The van der Waals surface area contributed by atoms with E-state index in [1.54, 1.807) is 18.3 Å². The Bertz CT molecular complexity index is 957. The lowest BCUT2D eigenvalue weighted by Crippen LogP contribution is -2.29. The van der Waals surface area contributed by atoms with Crippen LogP contribution in [-0.4, -0.2) is 28.8 Å². The number of aromatic nitrogens is 2. The van der Waals surface area contributed by atoms with Crippen LogP contribution >= 0.6 is 0 Å². The Kier molecular flexibility index (Phi) is 5.21. The second-order valence-corrected chi connectivity index (χ2v) is 7.18. The van der Waals surface area contributed by atoms with Crippen LogP contribution in [0.4, 0.5) is 10.1 Å². The number of hydrogen-bond acceptors (Lipinski definition) is 3. The van der Waals surface area contributed by atoms with E-state index in [0.29, 0.717) is 11.3 Å². The lowest BCUT2D eigenvalue weighted by atomic mass is 9.91. The molecular weight excluding hydrogens is 355 g/mol. The largest absolute Gasteiger partial charge is 0.322 e. The Hall–Kier alpha value is -2.99. The number of anilines is 1. The predicted octanol–water partition coefficient (Wildman–Crippen LogP) is 4.04. The lowest BCUT2D eigenvalue weighted by molar-refractivity contribution is 0.102. The number of carbonyl (C=O) groups is 1. The lowest BCUT2D eigenvalue weighted by Gasteiger charge is -2.24. The number of nitrogens with one attached hydrogen (secondary N) is 2. The molecule has 0 radical (unpaired) electrons. The zero-order chi connectivity index (χ0) is 19.5. The van der Waals surface area contributed by atoms with Crippen molar-refractivity contribution in [1.82, 2.24) is 15.1 Å². The molecule has 5 nitrogen and oxygen atoms in total. The standard InChI is InChI=1S/C22H23FN4O/c1-15-2-8-19(9-3-15)27-21(16-10-12-24-13-11-16)20(14-25-27)22(28)26-18-6-4-17(23)5-7-18/h2-9,14,16,24H,10-13H2,1H3,(H,26,28). The Labute approximate surface area is 163 Å². The minimum atomic E-state index is -0.333. The maximum Gasteiger partial charge on any atom is 0.259 e. The molecule has 2 N–H and O–H groups in total. The molecule has 0 unspecified atom stereocenters. The van der Waals surface area contributed by atoms with Gasteiger partial charge in [0.2, 0.25) is 0 Å². The summed E-state index contributed by atoms with van der Waals surface area (Å²) in [5.74, 6) is -0.307. The molecule has 1 aliphatic rings. The van der Waals surface area contributed by atoms with Crippen molar-refractivity contribution in [3.63, 3.8) is 0 Å². The van der Waals surface area contributed by atoms with Crippen molar-refractivity contribution >= 4 is 11.6 Å². The predicted molar refractivity (Wildman–Crippen MR) is 107 cm³/mol. The van der Waals surface area contributed by atoms with Gasteiger partial charge in [-0.1, -0.05) is 17.7 Å². The summed E-state index contributed by atoms with van der Waals surface area (Å²) in [6.45, 7) is 3.88. The highest BCUT2D eigenvalue weighted by Gasteiger charge is 2.27. The van der Waals surface area contributed by atoms with Crippen LogP contribution in [0.1, 0.15) is 40.4 Å². The van der Waals surface area contributed by atoms with E-state index in [2.05, 4.69) is 15.7 Å². The third-order valence-electron chi connectivity index (χ3n) is 5.16. The number of benzene rings is 2. The van der Waals surface area contributed by atoms with Gasteiger partial charge in [0.15, 0.2) is 0 Å². The molecule has 0 saturated carbocycles. The quantitative estimate of drug-likeness (QED) is 0.720. The third kappa shape index (κ3) is 3.82. The van der Waals surface area contributed by atoms with Crippen molar-refractivity contribution in [2.24, 2.45) is 0 Å². The Morgan fingerprint density at radius 1 is 1.11 bits per heavy atom. The Morgan fingerprint density at radius 2 is 1.79 bits per heavy atom. The highest BCUT2D eigenvalue weighted by Crippen LogP contribution is 2.30. The van der Waals surface area contributed by atoms with Crippen molar-refractivity contribution in [1.29, 1.82) is 0 Å². The van der Waals surface area contributed by atoms with Crippen LogP contribution in [0.3, 0.4) is 0 Å². The summed E-state index contributed by atoms with van der Waals surface area (Å²) in [5.41, 5.74) is 4.18. The molecule has 1 amide bonds. The summed E-state index contributed by atoms with van der Waals surface area (Å²) in [5, 5.41) is 10.8. The highest BCUT2D eigenvalue weighted by atomic mass is 19.1. The fourth-order valence-corrected chi connectivity index (χ4v) is 3.64. The molecule has 1 fully saturated rings. The first-order valence-corrected chi connectivity index (χ1v) is 9.54. The fraction of sp³-hybridized carbons (Fsp3) is 0.273.